The average molecular weight is 173 g/mol. The summed E-state index contributed by atoms with van der Waals surface area (Å²) >= 11 is 0. The Morgan fingerprint density at radius 2 is 2.17 bits per heavy atom. The highest BCUT2D eigenvalue weighted by Gasteiger charge is 2.16. The maximum absolute atomic E-state index is 11.2. The minimum atomic E-state index is -0.771. The van der Waals surface area contributed by atoms with E-state index in [-0.39, 0.29) is 6.03 Å². The van der Waals surface area contributed by atoms with E-state index in [1.54, 1.807) is 4.90 Å². The number of hydrogen-bond donors (Lipinski definition) is 3. The quantitative estimate of drug-likeness (QED) is 0.443. The standard InChI is InChI=1S/C7H15N3O2/c1-6(11)9-7(12)10-4-2-8-3-5-10/h6,8,11H,2-5H2,1H3,(H,9,12). The fourth-order valence-corrected chi connectivity index (χ4v) is 1.14. The first kappa shape index (κ1) is 9.28. The van der Waals surface area contributed by atoms with Gasteiger partial charge in [0.05, 0.1) is 0 Å². The molecule has 1 rings (SSSR count). The number of nitrogens with one attached hydrogen (secondary N) is 2. The summed E-state index contributed by atoms with van der Waals surface area (Å²) in [6.07, 6.45) is -0.771. The van der Waals surface area contributed by atoms with Crippen LogP contribution in [0.5, 0.6) is 0 Å². The van der Waals surface area contributed by atoms with Crippen LogP contribution in [0.3, 0.4) is 0 Å². The summed E-state index contributed by atoms with van der Waals surface area (Å²) in [5.74, 6) is 0. The molecule has 1 heterocycles. The van der Waals surface area contributed by atoms with Crippen molar-refractivity contribution in [2.24, 2.45) is 0 Å². The Hall–Kier alpha value is -0.810. The van der Waals surface area contributed by atoms with Gasteiger partial charge >= 0.3 is 6.03 Å². The largest absolute Gasteiger partial charge is 0.374 e. The number of aliphatic hydroxyl groups is 1. The molecule has 1 aliphatic rings. The Morgan fingerprint density at radius 1 is 1.58 bits per heavy atom. The van der Waals surface area contributed by atoms with E-state index in [2.05, 4.69) is 10.6 Å². The van der Waals surface area contributed by atoms with Crippen molar-refractivity contribution in [3.63, 3.8) is 0 Å². The van der Waals surface area contributed by atoms with E-state index in [1.807, 2.05) is 0 Å². The van der Waals surface area contributed by atoms with Gasteiger partial charge in [-0.25, -0.2) is 4.79 Å². The van der Waals surface area contributed by atoms with Gasteiger partial charge in [-0.1, -0.05) is 0 Å². The van der Waals surface area contributed by atoms with Crippen molar-refractivity contribution in [2.45, 2.75) is 13.2 Å². The summed E-state index contributed by atoms with van der Waals surface area (Å²) < 4.78 is 0. The van der Waals surface area contributed by atoms with Crippen molar-refractivity contribution in [3.8, 4) is 0 Å². The Labute approximate surface area is 71.7 Å². The Balaban J connectivity index is 2.30. The van der Waals surface area contributed by atoms with Crippen molar-refractivity contribution in [3.05, 3.63) is 0 Å². The van der Waals surface area contributed by atoms with Gasteiger partial charge in [-0.05, 0) is 6.92 Å². The summed E-state index contributed by atoms with van der Waals surface area (Å²) in [6.45, 7) is 4.59. The van der Waals surface area contributed by atoms with Gasteiger partial charge in [0.15, 0.2) is 0 Å². The lowest BCUT2D eigenvalue weighted by atomic mass is 10.4. The van der Waals surface area contributed by atoms with Gasteiger partial charge in [0.2, 0.25) is 0 Å². The first-order valence-corrected chi connectivity index (χ1v) is 4.14. The number of piperazine rings is 1. The molecule has 0 spiro atoms. The summed E-state index contributed by atoms with van der Waals surface area (Å²) in [4.78, 5) is 12.9. The Kier molecular flexibility index (Phi) is 3.31. The maximum Gasteiger partial charge on any atom is 0.319 e. The second-order valence-electron chi connectivity index (χ2n) is 2.86. The molecule has 0 aliphatic carbocycles. The van der Waals surface area contributed by atoms with E-state index in [0.717, 1.165) is 13.1 Å². The SMILES string of the molecule is CC(O)NC(=O)N1CCNCC1. The zero-order valence-corrected chi connectivity index (χ0v) is 7.21. The molecule has 0 radical (unpaired) electrons. The molecule has 0 aromatic heterocycles. The molecule has 1 fully saturated rings. The molecule has 0 aromatic carbocycles. The molecule has 1 atom stereocenters. The normalized spacial score (nSPS) is 20.3. The molecule has 0 saturated carbocycles. The zero-order chi connectivity index (χ0) is 8.97. The van der Waals surface area contributed by atoms with Crippen LogP contribution in [0, 0.1) is 0 Å². The third-order valence-electron chi connectivity index (χ3n) is 1.74. The molecule has 0 bridgehead atoms. The molecule has 5 nitrogen and oxygen atoms in total. The number of carbonyl (C=O) groups is 1. The van der Waals surface area contributed by atoms with Gasteiger partial charge in [0.25, 0.3) is 0 Å². The second-order valence-corrected chi connectivity index (χ2v) is 2.86. The summed E-state index contributed by atoms with van der Waals surface area (Å²) in [6, 6.07) is -0.188. The van der Waals surface area contributed by atoms with Gasteiger partial charge in [-0.3, -0.25) is 0 Å². The van der Waals surface area contributed by atoms with Crippen molar-refractivity contribution >= 4 is 6.03 Å². The molecule has 0 aromatic rings. The van der Waals surface area contributed by atoms with Crippen LogP contribution in [0.2, 0.25) is 0 Å². The minimum absolute atomic E-state index is 0.188. The lowest BCUT2D eigenvalue weighted by molar-refractivity contribution is 0.135. The number of carbonyl (C=O) groups excluding carboxylic acids is 1. The van der Waals surface area contributed by atoms with Crippen molar-refractivity contribution in [1.82, 2.24) is 15.5 Å². The fourth-order valence-electron chi connectivity index (χ4n) is 1.14. The first-order valence-electron chi connectivity index (χ1n) is 4.14. The molecule has 12 heavy (non-hydrogen) atoms. The van der Waals surface area contributed by atoms with Gasteiger partial charge in [-0.15, -0.1) is 0 Å². The van der Waals surface area contributed by atoms with E-state index in [9.17, 15) is 4.79 Å². The van der Waals surface area contributed by atoms with Crippen LogP contribution in [-0.4, -0.2) is 48.4 Å². The minimum Gasteiger partial charge on any atom is -0.374 e. The number of nitrogens with zero attached hydrogens (tertiary/aromatic N) is 1. The maximum atomic E-state index is 11.2. The van der Waals surface area contributed by atoms with E-state index >= 15 is 0 Å². The van der Waals surface area contributed by atoms with Crippen LogP contribution in [0.25, 0.3) is 0 Å². The molecular weight excluding hydrogens is 158 g/mol. The molecular formula is C7H15N3O2. The third kappa shape index (κ3) is 2.67. The van der Waals surface area contributed by atoms with Crippen LogP contribution in [0.4, 0.5) is 4.79 Å². The van der Waals surface area contributed by atoms with E-state index in [1.165, 1.54) is 6.92 Å². The predicted molar refractivity (Wildman–Crippen MR) is 44.7 cm³/mol. The molecule has 3 N–H and O–H groups in total. The molecule has 70 valence electrons. The first-order chi connectivity index (χ1) is 5.70. The predicted octanol–water partition coefficient (Wildman–Crippen LogP) is -1.06. The highest BCUT2D eigenvalue weighted by atomic mass is 16.3. The number of hydrogen-bond acceptors (Lipinski definition) is 3. The van der Waals surface area contributed by atoms with Crippen molar-refractivity contribution < 1.29 is 9.90 Å². The average Bonchev–Trinajstić information content (AvgIpc) is 2.05. The molecule has 2 amide bonds. The van der Waals surface area contributed by atoms with Gasteiger partial charge in [0, 0.05) is 26.2 Å². The fraction of sp³-hybridized carbons (Fsp3) is 0.857. The number of rotatable bonds is 1. The lowest BCUT2D eigenvalue weighted by Gasteiger charge is -2.28. The summed E-state index contributed by atoms with van der Waals surface area (Å²) in [5, 5.41) is 14.4. The van der Waals surface area contributed by atoms with Gasteiger partial charge in [0.1, 0.15) is 6.23 Å². The summed E-state index contributed by atoms with van der Waals surface area (Å²) in [7, 11) is 0. The summed E-state index contributed by atoms with van der Waals surface area (Å²) in [5.41, 5.74) is 0. The smallest absolute Gasteiger partial charge is 0.319 e. The third-order valence-corrected chi connectivity index (χ3v) is 1.74. The van der Waals surface area contributed by atoms with Crippen LogP contribution < -0.4 is 10.6 Å². The highest BCUT2D eigenvalue weighted by Crippen LogP contribution is 1.92. The molecule has 1 unspecified atom stereocenters. The number of urea groups is 1. The topological polar surface area (TPSA) is 64.6 Å². The van der Waals surface area contributed by atoms with E-state index in [0.29, 0.717) is 13.1 Å². The van der Waals surface area contributed by atoms with Crippen LogP contribution >= 0.6 is 0 Å². The van der Waals surface area contributed by atoms with E-state index in [4.69, 9.17) is 5.11 Å². The molecule has 1 aliphatic heterocycles. The molecule has 1 saturated heterocycles. The highest BCUT2D eigenvalue weighted by molar-refractivity contribution is 5.74. The van der Waals surface area contributed by atoms with Crippen LogP contribution in [0.1, 0.15) is 6.92 Å². The molecule has 5 heteroatoms. The van der Waals surface area contributed by atoms with Gasteiger partial charge in [-0.2, -0.15) is 0 Å². The number of aliphatic hydroxyl groups excluding tert-OH is 1. The lowest BCUT2D eigenvalue weighted by Crippen LogP contribution is -2.51. The van der Waals surface area contributed by atoms with E-state index < -0.39 is 6.23 Å². The van der Waals surface area contributed by atoms with Crippen molar-refractivity contribution in [1.29, 1.82) is 0 Å². The van der Waals surface area contributed by atoms with Crippen LogP contribution in [0.15, 0.2) is 0 Å². The van der Waals surface area contributed by atoms with Gasteiger partial charge < -0.3 is 20.6 Å². The second kappa shape index (κ2) is 4.27. The Morgan fingerprint density at radius 3 is 2.67 bits per heavy atom. The monoisotopic (exact) mass is 173 g/mol. The van der Waals surface area contributed by atoms with Crippen LogP contribution in [-0.2, 0) is 0 Å². The zero-order valence-electron chi connectivity index (χ0n) is 7.21. The van der Waals surface area contributed by atoms with Crippen molar-refractivity contribution in [2.75, 3.05) is 26.2 Å². The Bertz CT molecular complexity index is 155. The number of amides is 2.